The fraction of sp³-hybridized carbons (Fsp3) is 0.500. The molecule has 0 saturated carbocycles. The van der Waals surface area contributed by atoms with Crippen LogP contribution in [0.1, 0.15) is 72.3 Å². The van der Waals surface area contributed by atoms with Crippen LogP contribution in [0.5, 0.6) is 0 Å². The van der Waals surface area contributed by atoms with E-state index in [0.717, 1.165) is 24.9 Å². The molecule has 3 nitrogen and oxygen atoms in total. The molecule has 0 aliphatic rings. The van der Waals surface area contributed by atoms with Crippen LogP contribution in [0.2, 0.25) is 0 Å². The van der Waals surface area contributed by atoms with Crippen molar-refractivity contribution in [1.29, 1.82) is 0 Å². The van der Waals surface area contributed by atoms with Crippen molar-refractivity contribution in [2.45, 2.75) is 66.7 Å². The largest absolute Gasteiger partial charge is 0.399 e. The number of carbonyl (C=O) groups excluding carboxylic acids is 1. The quantitative estimate of drug-likeness (QED) is 0.456. The van der Waals surface area contributed by atoms with Gasteiger partial charge in [-0.3, -0.25) is 4.79 Å². The molecule has 0 radical (unpaired) electrons. The predicted octanol–water partition coefficient (Wildman–Crippen LogP) is 6.87. The van der Waals surface area contributed by atoms with Crippen molar-refractivity contribution in [3.8, 4) is 0 Å². The molecule has 3 heteroatoms. The molecule has 29 heavy (non-hydrogen) atoms. The van der Waals surface area contributed by atoms with Crippen LogP contribution in [0.3, 0.4) is 0 Å². The zero-order valence-electron chi connectivity index (χ0n) is 19.0. The third-order valence-electron chi connectivity index (χ3n) is 7.15. The highest BCUT2D eigenvalue weighted by atomic mass is 16.1. The van der Waals surface area contributed by atoms with Crippen molar-refractivity contribution in [3.63, 3.8) is 0 Å². The second-order valence-electron chi connectivity index (χ2n) is 9.35. The first kappa shape index (κ1) is 23.0. The summed E-state index contributed by atoms with van der Waals surface area (Å²) in [5.41, 5.74) is 8.67. The molecule has 0 bridgehead atoms. The highest BCUT2D eigenvalue weighted by Crippen LogP contribution is 2.49. The zero-order valence-corrected chi connectivity index (χ0v) is 19.0. The SMILES string of the molecule is CCC(C)(C)C(CC(C)(CC)C(C)C(=O)Nc1ccc(N)cc1)c1ccccc1. The Labute approximate surface area is 177 Å². The lowest BCUT2D eigenvalue weighted by molar-refractivity contribution is -0.123. The summed E-state index contributed by atoms with van der Waals surface area (Å²) in [5.74, 6) is 0.356. The fourth-order valence-corrected chi connectivity index (χ4v) is 4.00. The Bertz CT molecular complexity index is 782. The maximum absolute atomic E-state index is 13.1. The minimum absolute atomic E-state index is 0.0697. The van der Waals surface area contributed by atoms with Gasteiger partial charge in [0.2, 0.25) is 5.91 Å². The standard InChI is InChI=1S/C26H38N2O/c1-7-25(4,5)23(20-12-10-9-11-13-20)18-26(6,8-2)19(3)24(29)28-22-16-14-21(27)15-17-22/h9-17,19,23H,7-8,18,27H2,1-6H3,(H,28,29). The minimum atomic E-state index is -0.107. The Kier molecular flexibility index (Phi) is 7.51. The third-order valence-corrected chi connectivity index (χ3v) is 7.15. The molecule has 3 N–H and O–H groups in total. The van der Waals surface area contributed by atoms with Gasteiger partial charge in [-0.1, -0.05) is 78.3 Å². The summed E-state index contributed by atoms with van der Waals surface area (Å²) in [6, 6.07) is 18.1. The topological polar surface area (TPSA) is 55.1 Å². The van der Waals surface area contributed by atoms with Crippen molar-refractivity contribution in [1.82, 2.24) is 0 Å². The Morgan fingerprint density at radius 1 is 0.966 bits per heavy atom. The van der Waals surface area contributed by atoms with E-state index < -0.39 is 0 Å². The lowest BCUT2D eigenvalue weighted by atomic mass is 9.62. The summed E-state index contributed by atoms with van der Waals surface area (Å²) in [5, 5.41) is 3.08. The molecule has 158 valence electrons. The van der Waals surface area contributed by atoms with Gasteiger partial charge < -0.3 is 11.1 Å². The maximum atomic E-state index is 13.1. The lowest BCUT2D eigenvalue weighted by Crippen LogP contribution is -2.38. The van der Waals surface area contributed by atoms with Crippen LogP contribution in [0.4, 0.5) is 11.4 Å². The van der Waals surface area contributed by atoms with Gasteiger partial charge in [-0.05, 0) is 59.4 Å². The summed E-state index contributed by atoms with van der Waals surface area (Å²) >= 11 is 0. The van der Waals surface area contributed by atoms with Crippen LogP contribution in [-0.2, 0) is 4.79 Å². The lowest BCUT2D eigenvalue weighted by Gasteiger charge is -2.43. The number of benzene rings is 2. The van der Waals surface area contributed by atoms with Crippen molar-refractivity contribution in [2.75, 3.05) is 11.1 Å². The van der Waals surface area contributed by atoms with E-state index in [1.54, 1.807) is 0 Å². The molecule has 2 aromatic carbocycles. The van der Waals surface area contributed by atoms with Crippen molar-refractivity contribution in [3.05, 3.63) is 60.2 Å². The fourth-order valence-electron chi connectivity index (χ4n) is 4.00. The van der Waals surface area contributed by atoms with Crippen LogP contribution >= 0.6 is 0 Å². The Morgan fingerprint density at radius 2 is 1.55 bits per heavy atom. The van der Waals surface area contributed by atoms with Gasteiger partial charge in [0.05, 0.1) is 0 Å². The van der Waals surface area contributed by atoms with Crippen LogP contribution in [0.15, 0.2) is 54.6 Å². The first-order valence-corrected chi connectivity index (χ1v) is 10.8. The van der Waals surface area contributed by atoms with E-state index in [0.29, 0.717) is 11.6 Å². The molecule has 3 atom stereocenters. The van der Waals surface area contributed by atoms with Gasteiger partial charge in [0, 0.05) is 17.3 Å². The number of hydrogen-bond acceptors (Lipinski definition) is 2. The van der Waals surface area contributed by atoms with Crippen LogP contribution in [-0.4, -0.2) is 5.91 Å². The molecule has 0 aliphatic heterocycles. The van der Waals surface area contributed by atoms with Crippen molar-refractivity contribution >= 4 is 17.3 Å². The second kappa shape index (κ2) is 9.47. The van der Waals surface area contributed by atoms with E-state index >= 15 is 0 Å². The number of nitrogen functional groups attached to an aromatic ring is 1. The van der Waals surface area contributed by atoms with E-state index in [2.05, 4.69) is 77.2 Å². The average Bonchev–Trinajstić information content (AvgIpc) is 2.73. The molecule has 0 saturated heterocycles. The van der Waals surface area contributed by atoms with Crippen LogP contribution in [0.25, 0.3) is 0 Å². The smallest absolute Gasteiger partial charge is 0.227 e. The van der Waals surface area contributed by atoms with Crippen molar-refractivity contribution in [2.24, 2.45) is 16.7 Å². The van der Waals surface area contributed by atoms with Crippen LogP contribution in [0, 0.1) is 16.7 Å². The Balaban J connectivity index is 2.26. The summed E-state index contributed by atoms with van der Waals surface area (Å²) < 4.78 is 0. The number of carbonyl (C=O) groups is 1. The summed E-state index contributed by atoms with van der Waals surface area (Å²) in [7, 11) is 0. The number of amides is 1. The molecular formula is C26H38N2O. The maximum Gasteiger partial charge on any atom is 0.227 e. The monoisotopic (exact) mass is 394 g/mol. The average molecular weight is 395 g/mol. The number of hydrogen-bond donors (Lipinski definition) is 2. The first-order valence-electron chi connectivity index (χ1n) is 10.8. The van der Waals surface area contributed by atoms with Crippen molar-refractivity contribution < 1.29 is 4.79 Å². The number of nitrogens with one attached hydrogen (secondary N) is 1. The number of nitrogens with two attached hydrogens (primary N) is 1. The van der Waals surface area contributed by atoms with Gasteiger partial charge >= 0.3 is 0 Å². The molecule has 0 fully saturated rings. The van der Waals surface area contributed by atoms with E-state index in [1.165, 1.54) is 5.56 Å². The molecule has 0 aliphatic carbocycles. The number of anilines is 2. The Hall–Kier alpha value is -2.29. The predicted molar refractivity (Wildman–Crippen MR) is 125 cm³/mol. The summed E-state index contributed by atoms with van der Waals surface area (Å²) in [4.78, 5) is 13.1. The van der Waals surface area contributed by atoms with Gasteiger partial charge in [-0.2, -0.15) is 0 Å². The molecule has 2 aromatic rings. The second-order valence-corrected chi connectivity index (χ2v) is 9.35. The molecule has 0 aromatic heterocycles. The molecule has 0 spiro atoms. The molecular weight excluding hydrogens is 356 g/mol. The highest BCUT2D eigenvalue weighted by Gasteiger charge is 2.40. The molecule has 2 rings (SSSR count). The van der Waals surface area contributed by atoms with Gasteiger partial charge in [-0.25, -0.2) is 0 Å². The third kappa shape index (κ3) is 5.62. The Morgan fingerprint density at radius 3 is 2.07 bits per heavy atom. The van der Waals surface area contributed by atoms with E-state index in [-0.39, 0.29) is 22.7 Å². The normalized spacial score (nSPS) is 15.9. The minimum Gasteiger partial charge on any atom is -0.399 e. The highest BCUT2D eigenvalue weighted by molar-refractivity contribution is 5.93. The van der Waals surface area contributed by atoms with Gasteiger partial charge in [0.1, 0.15) is 0 Å². The summed E-state index contributed by atoms with van der Waals surface area (Å²) in [6.45, 7) is 13.5. The van der Waals surface area contributed by atoms with Gasteiger partial charge in [0.15, 0.2) is 0 Å². The van der Waals surface area contributed by atoms with Crippen LogP contribution < -0.4 is 11.1 Å². The summed E-state index contributed by atoms with van der Waals surface area (Å²) in [6.07, 6.45) is 3.02. The molecule has 0 heterocycles. The molecule has 3 unspecified atom stereocenters. The molecule has 1 amide bonds. The van der Waals surface area contributed by atoms with Gasteiger partial charge in [0.25, 0.3) is 0 Å². The van der Waals surface area contributed by atoms with E-state index in [1.807, 2.05) is 24.3 Å². The van der Waals surface area contributed by atoms with E-state index in [9.17, 15) is 4.79 Å². The van der Waals surface area contributed by atoms with Gasteiger partial charge in [-0.15, -0.1) is 0 Å². The zero-order chi connectivity index (χ0) is 21.7. The van der Waals surface area contributed by atoms with E-state index in [4.69, 9.17) is 5.73 Å². The number of rotatable bonds is 9. The first-order chi connectivity index (χ1) is 13.6.